The minimum absolute atomic E-state index is 0.0241. The summed E-state index contributed by atoms with van der Waals surface area (Å²) in [4.78, 5) is 11.0. The number of hydrogen-bond donors (Lipinski definition) is 1. The molecule has 0 unspecified atom stereocenters. The van der Waals surface area contributed by atoms with Crippen molar-refractivity contribution >= 4 is 21.7 Å². The molecule has 0 aliphatic rings. The van der Waals surface area contributed by atoms with E-state index in [9.17, 15) is 13.2 Å². The van der Waals surface area contributed by atoms with E-state index in [1.165, 1.54) is 13.0 Å². The Labute approximate surface area is 100 Å². The van der Waals surface area contributed by atoms with Crippen molar-refractivity contribution in [2.75, 3.05) is 10.5 Å². The Balaban J connectivity index is 2.86. The third-order valence-corrected chi connectivity index (χ3v) is 3.18. The Kier molecular flexibility index (Phi) is 4.28. The van der Waals surface area contributed by atoms with Crippen LogP contribution in [0.25, 0.3) is 0 Å². The fraction of sp³-hybridized carbons (Fsp3) is 0.182. The van der Waals surface area contributed by atoms with E-state index < -0.39 is 16.0 Å². The molecule has 0 aliphatic heterocycles. The topological polar surface area (TPSA) is 72.5 Å². The van der Waals surface area contributed by atoms with Gasteiger partial charge in [0.1, 0.15) is 5.75 Å². The molecule has 0 aromatic heterocycles. The zero-order valence-electron chi connectivity index (χ0n) is 9.34. The van der Waals surface area contributed by atoms with Crippen molar-refractivity contribution in [3.63, 3.8) is 0 Å². The van der Waals surface area contributed by atoms with Crippen LogP contribution in [-0.2, 0) is 14.8 Å². The lowest BCUT2D eigenvalue weighted by Gasteiger charge is -2.07. The Morgan fingerprint density at radius 1 is 1.53 bits per heavy atom. The zero-order valence-corrected chi connectivity index (χ0v) is 10.2. The summed E-state index contributed by atoms with van der Waals surface area (Å²) in [5.74, 6) is -0.365. The van der Waals surface area contributed by atoms with E-state index in [-0.39, 0.29) is 11.5 Å². The average molecular weight is 255 g/mol. The summed E-state index contributed by atoms with van der Waals surface area (Å²) in [5.41, 5.74) is 0.348. The lowest BCUT2D eigenvalue weighted by molar-refractivity contribution is -0.128. The predicted molar refractivity (Wildman–Crippen MR) is 65.4 cm³/mol. The lowest BCUT2D eigenvalue weighted by Crippen LogP contribution is -2.14. The number of sulfonamides is 1. The maximum Gasteiger partial charge on any atom is 0.335 e. The molecule has 0 spiro atoms. The summed E-state index contributed by atoms with van der Waals surface area (Å²) in [5, 5.41) is 0. The van der Waals surface area contributed by atoms with Crippen LogP contribution in [0.5, 0.6) is 5.75 Å². The minimum Gasteiger partial charge on any atom is -0.423 e. The summed E-state index contributed by atoms with van der Waals surface area (Å²) in [7, 11) is -3.33. The molecule has 0 heterocycles. The Hall–Kier alpha value is -1.82. The normalized spacial score (nSPS) is 10.6. The number of hydrogen-bond acceptors (Lipinski definition) is 4. The van der Waals surface area contributed by atoms with Crippen LogP contribution in [0.15, 0.2) is 36.9 Å². The van der Waals surface area contributed by atoms with Crippen LogP contribution >= 0.6 is 0 Å². The standard InChI is InChI=1S/C11H13NO4S/c1-3-11(13)16-10-7-5-6-9(8-10)12-17(14,15)4-2/h3,5-8,12H,1,4H2,2H3. The number of carbonyl (C=O) groups is 1. The molecule has 0 atom stereocenters. The maximum absolute atomic E-state index is 11.3. The molecule has 1 aromatic rings. The molecule has 0 bridgehead atoms. The zero-order chi connectivity index (χ0) is 12.9. The van der Waals surface area contributed by atoms with Crippen molar-refractivity contribution < 1.29 is 17.9 Å². The van der Waals surface area contributed by atoms with Gasteiger partial charge in [-0.05, 0) is 19.1 Å². The van der Waals surface area contributed by atoms with Crippen molar-refractivity contribution in [1.82, 2.24) is 0 Å². The smallest absolute Gasteiger partial charge is 0.335 e. The van der Waals surface area contributed by atoms with Gasteiger partial charge in [-0.2, -0.15) is 0 Å². The summed E-state index contributed by atoms with van der Waals surface area (Å²) >= 11 is 0. The van der Waals surface area contributed by atoms with Crippen LogP contribution < -0.4 is 9.46 Å². The van der Waals surface area contributed by atoms with Gasteiger partial charge in [0.2, 0.25) is 10.0 Å². The first-order valence-electron chi connectivity index (χ1n) is 4.91. The number of anilines is 1. The molecule has 1 aromatic carbocycles. The van der Waals surface area contributed by atoms with E-state index in [2.05, 4.69) is 11.3 Å². The third kappa shape index (κ3) is 4.28. The van der Waals surface area contributed by atoms with Crippen molar-refractivity contribution in [3.8, 4) is 5.75 Å². The van der Waals surface area contributed by atoms with E-state index in [1.54, 1.807) is 18.2 Å². The van der Waals surface area contributed by atoms with E-state index >= 15 is 0 Å². The SMILES string of the molecule is C=CC(=O)Oc1cccc(NS(=O)(=O)CC)c1. The molecule has 0 radical (unpaired) electrons. The summed E-state index contributed by atoms with van der Waals surface area (Å²) in [6, 6.07) is 6.12. The second-order valence-corrected chi connectivity index (χ2v) is 5.17. The quantitative estimate of drug-likeness (QED) is 0.492. The van der Waals surface area contributed by atoms with Crippen LogP contribution in [0.2, 0.25) is 0 Å². The van der Waals surface area contributed by atoms with Gasteiger partial charge in [-0.25, -0.2) is 13.2 Å². The molecule has 0 saturated heterocycles. The minimum atomic E-state index is -3.33. The van der Waals surface area contributed by atoms with Gasteiger partial charge in [-0.15, -0.1) is 0 Å². The Morgan fingerprint density at radius 2 is 2.24 bits per heavy atom. The van der Waals surface area contributed by atoms with E-state index in [0.29, 0.717) is 5.69 Å². The fourth-order valence-electron chi connectivity index (χ4n) is 1.03. The average Bonchev–Trinajstić information content (AvgIpc) is 2.29. The lowest BCUT2D eigenvalue weighted by atomic mass is 10.3. The van der Waals surface area contributed by atoms with Crippen molar-refractivity contribution in [2.45, 2.75) is 6.92 Å². The molecule has 5 nitrogen and oxygen atoms in total. The molecule has 1 rings (SSSR count). The first-order chi connectivity index (χ1) is 7.96. The van der Waals surface area contributed by atoms with E-state index in [1.807, 2.05) is 0 Å². The first-order valence-corrected chi connectivity index (χ1v) is 6.57. The highest BCUT2D eigenvalue weighted by Gasteiger charge is 2.07. The van der Waals surface area contributed by atoms with E-state index in [0.717, 1.165) is 6.08 Å². The molecule has 0 aliphatic carbocycles. The molecule has 92 valence electrons. The highest BCUT2D eigenvalue weighted by atomic mass is 32.2. The molecular weight excluding hydrogens is 242 g/mol. The van der Waals surface area contributed by atoms with Crippen molar-refractivity contribution in [2.24, 2.45) is 0 Å². The van der Waals surface area contributed by atoms with Crippen LogP contribution in [-0.4, -0.2) is 20.1 Å². The fourth-order valence-corrected chi connectivity index (χ4v) is 1.66. The van der Waals surface area contributed by atoms with Crippen LogP contribution in [0.4, 0.5) is 5.69 Å². The molecule has 1 N–H and O–H groups in total. The summed E-state index contributed by atoms with van der Waals surface area (Å²) in [6.45, 7) is 4.80. The van der Waals surface area contributed by atoms with Gasteiger partial charge in [0.25, 0.3) is 0 Å². The number of ether oxygens (including phenoxy) is 1. The van der Waals surface area contributed by atoms with Gasteiger partial charge in [0, 0.05) is 12.1 Å². The number of nitrogens with one attached hydrogen (secondary N) is 1. The highest BCUT2D eigenvalue weighted by molar-refractivity contribution is 7.92. The summed E-state index contributed by atoms with van der Waals surface area (Å²) in [6.07, 6.45) is 1.03. The third-order valence-electron chi connectivity index (χ3n) is 1.87. The van der Waals surface area contributed by atoms with Crippen LogP contribution in [0.1, 0.15) is 6.92 Å². The molecule has 0 fully saturated rings. The molecule has 0 saturated carbocycles. The molecule has 6 heteroatoms. The number of rotatable bonds is 5. The molecule has 17 heavy (non-hydrogen) atoms. The van der Waals surface area contributed by atoms with Crippen molar-refractivity contribution in [3.05, 3.63) is 36.9 Å². The Bertz CT molecular complexity index is 522. The predicted octanol–water partition coefficient (Wildman–Crippen LogP) is 1.54. The van der Waals surface area contributed by atoms with E-state index in [4.69, 9.17) is 4.74 Å². The second kappa shape index (κ2) is 5.49. The van der Waals surface area contributed by atoms with Gasteiger partial charge < -0.3 is 4.74 Å². The van der Waals surface area contributed by atoms with Crippen LogP contribution in [0.3, 0.4) is 0 Å². The number of benzene rings is 1. The largest absolute Gasteiger partial charge is 0.423 e. The Morgan fingerprint density at radius 3 is 2.82 bits per heavy atom. The second-order valence-electron chi connectivity index (χ2n) is 3.16. The summed E-state index contributed by atoms with van der Waals surface area (Å²) < 4.78 is 29.9. The highest BCUT2D eigenvalue weighted by Crippen LogP contribution is 2.18. The van der Waals surface area contributed by atoms with Crippen molar-refractivity contribution in [1.29, 1.82) is 0 Å². The number of carbonyl (C=O) groups excluding carboxylic acids is 1. The molecular formula is C11H13NO4S. The first kappa shape index (κ1) is 13.2. The monoisotopic (exact) mass is 255 g/mol. The maximum atomic E-state index is 11.3. The van der Waals surface area contributed by atoms with Gasteiger partial charge in [0.05, 0.1) is 11.4 Å². The van der Waals surface area contributed by atoms with Crippen LogP contribution in [0, 0.1) is 0 Å². The van der Waals surface area contributed by atoms with Gasteiger partial charge in [0.15, 0.2) is 0 Å². The van der Waals surface area contributed by atoms with Gasteiger partial charge in [-0.1, -0.05) is 12.6 Å². The van der Waals surface area contributed by atoms with Gasteiger partial charge >= 0.3 is 5.97 Å². The molecule has 0 amide bonds. The van der Waals surface area contributed by atoms with Gasteiger partial charge in [-0.3, -0.25) is 4.72 Å². The number of esters is 1.